The molecule has 1 amide bonds. The van der Waals surface area contributed by atoms with Crippen LogP contribution >= 0.6 is 11.8 Å². The molecule has 2 unspecified atom stereocenters. The Labute approximate surface area is 128 Å². The molecule has 0 spiro atoms. The quantitative estimate of drug-likeness (QED) is 0.685. The number of aliphatic carboxylic acids is 2. The Hall–Kier alpha value is -1.28. The van der Waals surface area contributed by atoms with Crippen LogP contribution in [-0.2, 0) is 14.4 Å². The smallest absolute Gasteiger partial charge is 0.316 e. The van der Waals surface area contributed by atoms with E-state index in [-0.39, 0.29) is 18.1 Å². The number of carboxylic acid groups (broad SMARTS) is 2. The Bertz CT molecular complexity index is 396. The van der Waals surface area contributed by atoms with Crippen LogP contribution in [0.1, 0.15) is 13.3 Å². The Morgan fingerprint density at radius 1 is 1.14 bits per heavy atom. The molecule has 0 aromatic carbocycles. The molecule has 0 aliphatic carbocycles. The highest BCUT2D eigenvalue weighted by molar-refractivity contribution is 8.00. The monoisotopic (exact) mass is 318 g/mol. The first kappa shape index (κ1) is 17.8. The molecule has 1 aliphatic rings. The number of carbonyl (C=O) groups excluding carboxylic acids is 1. The lowest BCUT2D eigenvalue weighted by atomic mass is 10.1. The number of carboxylic acids is 2. The van der Waals surface area contributed by atoms with Crippen molar-refractivity contribution in [2.24, 2.45) is 5.92 Å². The normalized spacial score (nSPS) is 19.0. The molecule has 1 aliphatic heterocycles. The summed E-state index contributed by atoms with van der Waals surface area (Å²) in [5, 5.41) is 17.1. The average molecular weight is 318 g/mol. The van der Waals surface area contributed by atoms with E-state index in [0.717, 1.165) is 24.9 Å². The minimum absolute atomic E-state index is 0.185. The Morgan fingerprint density at radius 3 is 2.19 bits per heavy atom. The predicted octanol–water partition coefficient (Wildman–Crippen LogP) is 0.0576. The summed E-state index contributed by atoms with van der Waals surface area (Å²) in [4.78, 5) is 37.9. The number of rotatable bonds is 7. The summed E-state index contributed by atoms with van der Waals surface area (Å²) >= 11 is 1.11. The van der Waals surface area contributed by atoms with Gasteiger partial charge in [0.25, 0.3) is 0 Å². The van der Waals surface area contributed by atoms with Crippen LogP contribution < -0.4 is 0 Å². The zero-order valence-corrected chi connectivity index (χ0v) is 13.1. The Kier molecular flexibility index (Phi) is 6.97. The minimum atomic E-state index is -1.04. The van der Waals surface area contributed by atoms with Crippen LogP contribution in [0.2, 0.25) is 0 Å². The van der Waals surface area contributed by atoms with Crippen molar-refractivity contribution in [3.8, 4) is 0 Å². The maximum Gasteiger partial charge on any atom is 0.316 e. The van der Waals surface area contributed by atoms with Gasteiger partial charge in [0.15, 0.2) is 0 Å². The van der Waals surface area contributed by atoms with Crippen LogP contribution in [0.15, 0.2) is 0 Å². The van der Waals surface area contributed by atoms with E-state index < -0.39 is 23.1 Å². The van der Waals surface area contributed by atoms with Gasteiger partial charge in [0.05, 0.1) is 17.6 Å². The summed E-state index contributed by atoms with van der Waals surface area (Å²) in [5.74, 6) is -2.63. The first-order valence-electron chi connectivity index (χ1n) is 6.84. The number of carbonyl (C=O) groups is 3. The van der Waals surface area contributed by atoms with Crippen LogP contribution in [0.5, 0.6) is 0 Å². The third-order valence-electron chi connectivity index (χ3n) is 3.48. The second-order valence-corrected chi connectivity index (χ2v) is 6.61. The highest BCUT2D eigenvalue weighted by atomic mass is 32.2. The standard InChI is InChI=1S/C13H22N2O5S/c1-9(13(19)20)21-8-10(7-11(16)17)12(18)15-5-3-14(2)4-6-15/h9-10H,3-8H2,1-2H3,(H,16,17)(H,19,20). The molecule has 2 N–H and O–H groups in total. The van der Waals surface area contributed by atoms with Gasteiger partial charge >= 0.3 is 11.9 Å². The molecule has 1 rings (SSSR count). The average Bonchev–Trinajstić information content (AvgIpc) is 2.42. The molecule has 120 valence electrons. The van der Waals surface area contributed by atoms with Gasteiger partial charge in [-0.3, -0.25) is 14.4 Å². The van der Waals surface area contributed by atoms with E-state index in [9.17, 15) is 14.4 Å². The zero-order valence-electron chi connectivity index (χ0n) is 12.3. The van der Waals surface area contributed by atoms with Gasteiger partial charge in [-0.2, -0.15) is 0 Å². The van der Waals surface area contributed by atoms with Crippen molar-refractivity contribution >= 4 is 29.6 Å². The maximum absolute atomic E-state index is 12.4. The summed E-state index contributed by atoms with van der Waals surface area (Å²) < 4.78 is 0. The molecule has 1 saturated heterocycles. The molecule has 0 radical (unpaired) electrons. The van der Waals surface area contributed by atoms with Crippen molar-refractivity contribution in [2.75, 3.05) is 39.0 Å². The fourth-order valence-corrected chi connectivity index (χ4v) is 2.97. The molecule has 7 nitrogen and oxygen atoms in total. The SMILES string of the molecule is CC(SCC(CC(=O)O)C(=O)N1CCN(C)CC1)C(=O)O. The second kappa shape index (κ2) is 8.23. The van der Waals surface area contributed by atoms with Crippen molar-refractivity contribution in [1.29, 1.82) is 0 Å². The first-order valence-corrected chi connectivity index (χ1v) is 7.89. The Balaban J connectivity index is 2.61. The van der Waals surface area contributed by atoms with Gasteiger partial charge in [0, 0.05) is 31.9 Å². The van der Waals surface area contributed by atoms with Gasteiger partial charge in [-0.15, -0.1) is 11.8 Å². The molecule has 0 saturated carbocycles. The van der Waals surface area contributed by atoms with E-state index in [1.807, 2.05) is 7.05 Å². The molecular formula is C13H22N2O5S. The van der Waals surface area contributed by atoms with E-state index in [0.29, 0.717) is 13.1 Å². The molecule has 0 aromatic rings. The van der Waals surface area contributed by atoms with Gasteiger partial charge < -0.3 is 20.0 Å². The zero-order chi connectivity index (χ0) is 16.0. The van der Waals surface area contributed by atoms with Crippen LogP contribution in [0, 0.1) is 5.92 Å². The maximum atomic E-state index is 12.4. The molecule has 8 heteroatoms. The summed E-state index contributed by atoms with van der Waals surface area (Å²) in [6, 6.07) is 0. The van der Waals surface area contributed by atoms with E-state index >= 15 is 0 Å². The van der Waals surface area contributed by atoms with Gasteiger partial charge in [-0.1, -0.05) is 0 Å². The van der Waals surface area contributed by atoms with Crippen molar-refractivity contribution in [1.82, 2.24) is 9.80 Å². The number of likely N-dealkylation sites (N-methyl/N-ethyl adjacent to an activating group) is 1. The first-order chi connectivity index (χ1) is 9.81. The number of hydrogen-bond donors (Lipinski definition) is 2. The molecule has 1 fully saturated rings. The minimum Gasteiger partial charge on any atom is -0.481 e. The van der Waals surface area contributed by atoms with Gasteiger partial charge in [-0.05, 0) is 14.0 Å². The van der Waals surface area contributed by atoms with Crippen LogP contribution in [0.25, 0.3) is 0 Å². The molecule has 0 bridgehead atoms. The van der Waals surface area contributed by atoms with E-state index in [1.54, 1.807) is 4.90 Å². The lowest BCUT2D eigenvalue weighted by Crippen LogP contribution is -2.49. The van der Waals surface area contributed by atoms with Crippen LogP contribution in [-0.4, -0.2) is 82.1 Å². The van der Waals surface area contributed by atoms with Crippen molar-refractivity contribution in [3.63, 3.8) is 0 Å². The van der Waals surface area contributed by atoms with E-state index in [1.165, 1.54) is 6.92 Å². The molecule has 2 atom stereocenters. The second-order valence-electron chi connectivity index (χ2n) is 5.24. The van der Waals surface area contributed by atoms with E-state index in [4.69, 9.17) is 10.2 Å². The molecule has 1 heterocycles. The molecule has 21 heavy (non-hydrogen) atoms. The predicted molar refractivity (Wildman–Crippen MR) is 79.4 cm³/mol. The number of nitrogens with zero attached hydrogens (tertiary/aromatic N) is 2. The van der Waals surface area contributed by atoms with Crippen LogP contribution in [0.3, 0.4) is 0 Å². The van der Waals surface area contributed by atoms with Crippen LogP contribution in [0.4, 0.5) is 0 Å². The largest absolute Gasteiger partial charge is 0.481 e. The fourth-order valence-electron chi connectivity index (χ4n) is 2.05. The molecular weight excluding hydrogens is 296 g/mol. The number of hydrogen-bond acceptors (Lipinski definition) is 5. The fraction of sp³-hybridized carbons (Fsp3) is 0.769. The highest BCUT2D eigenvalue weighted by Gasteiger charge is 2.29. The summed E-state index contributed by atoms with van der Waals surface area (Å²) in [7, 11) is 1.97. The lowest BCUT2D eigenvalue weighted by Gasteiger charge is -2.34. The summed E-state index contributed by atoms with van der Waals surface area (Å²) in [6.45, 7) is 4.24. The van der Waals surface area contributed by atoms with Crippen molar-refractivity contribution in [3.05, 3.63) is 0 Å². The number of amides is 1. The van der Waals surface area contributed by atoms with Gasteiger partial charge in [0.2, 0.25) is 5.91 Å². The third-order valence-corrected chi connectivity index (χ3v) is 4.78. The number of piperazine rings is 1. The van der Waals surface area contributed by atoms with Gasteiger partial charge in [-0.25, -0.2) is 0 Å². The Morgan fingerprint density at radius 2 is 1.71 bits per heavy atom. The summed E-state index contributed by atoms with van der Waals surface area (Å²) in [6.07, 6.45) is -0.259. The van der Waals surface area contributed by atoms with Crippen molar-refractivity contribution in [2.45, 2.75) is 18.6 Å². The van der Waals surface area contributed by atoms with E-state index in [2.05, 4.69) is 4.90 Å². The number of thioether (sulfide) groups is 1. The lowest BCUT2D eigenvalue weighted by molar-refractivity contribution is -0.144. The van der Waals surface area contributed by atoms with Crippen molar-refractivity contribution < 1.29 is 24.6 Å². The highest BCUT2D eigenvalue weighted by Crippen LogP contribution is 2.20. The topological polar surface area (TPSA) is 98.2 Å². The summed E-state index contributed by atoms with van der Waals surface area (Å²) in [5.41, 5.74) is 0. The molecule has 0 aromatic heterocycles. The van der Waals surface area contributed by atoms with Gasteiger partial charge in [0.1, 0.15) is 0 Å². The third kappa shape index (κ3) is 5.92.